The zero-order chi connectivity index (χ0) is 39.1. The average molecular weight is 749 g/mol. The summed E-state index contributed by atoms with van der Waals surface area (Å²) in [5, 5.41) is 0. The number of unbranched alkanes of at least 4 members (excludes halogenated alkanes) is 18. The largest absolute Gasteiger partial charge is 0.462 e. The normalized spacial score (nSPS) is 36.6. The minimum atomic E-state index is 0.0380. The van der Waals surface area contributed by atoms with E-state index in [2.05, 4.69) is 68.4 Å². The minimum absolute atomic E-state index is 0.0380. The van der Waals surface area contributed by atoms with Crippen molar-refractivity contribution in [1.29, 1.82) is 0 Å². The molecule has 0 saturated heterocycles. The van der Waals surface area contributed by atoms with Crippen molar-refractivity contribution < 1.29 is 9.53 Å². The first kappa shape index (κ1) is 44.3. The van der Waals surface area contributed by atoms with Crippen LogP contribution in [0.3, 0.4) is 0 Å². The number of ether oxygens (including phenoxy) is 1. The van der Waals surface area contributed by atoms with Gasteiger partial charge in [0.15, 0.2) is 0 Å². The summed E-state index contributed by atoms with van der Waals surface area (Å²) in [7, 11) is 0. The third-order valence-corrected chi connectivity index (χ3v) is 18.2. The Labute approximate surface area is 337 Å². The van der Waals surface area contributed by atoms with Crippen LogP contribution >= 0.6 is 0 Å². The standard InChI is InChI=1S/C52H92O2/c1-10-11-12-13-14-15-16-17-18-19-20-21-22-23-24-25-26-27-28-29-46(53)54-45-33-34-50(7)43(48(45,4)5)32-35-52(9)44(50)31-30-41-42-40-47(2,3)36-37-49(42,6)38-39-51(41,52)8/h40-41,43-45H,10-39H2,1-9H3/t41-,43+,44-,45+,49-,50+,51-,52-/m1/s1. The third-order valence-electron chi connectivity index (χ3n) is 18.2. The van der Waals surface area contributed by atoms with Crippen LogP contribution in [-0.4, -0.2) is 12.1 Å². The molecule has 0 N–H and O–H groups in total. The Hall–Kier alpha value is -0.790. The first-order valence-corrected chi connectivity index (χ1v) is 24.6. The summed E-state index contributed by atoms with van der Waals surface area (Å²) in [5.41, 5.74) is 3.79. The zero-order valence-electron chi connectivity index (χ0n) is 37.9. The molecule has 0 aromatic carbocycles. The van der Waals surface area contributed by atoms with E-state index in [1.165, 1.54) is 173 Å². The second-order valence-electron chi connectivity index (χ2n) is 22.7. The molecule has 4 saturated carbocycles. The summed E-state index contributed by atoms with van der Waals surface area (Å²) in [6.07, 6.45) is 42.9. The molecule has 2 nitrogen and oxygen atoms in total. The van der Waals surface area contributed by atoms with Crippen LogP contribution in [0, 0.1) is 50.2 Å². The number of allylic oxidation sites excluding steroid dienone is 2. The molecule has 0 amide bonds. The maximum atomic E-state index is 13.3. The minimum Gasteiger partial charge on any atom is -0.462 e. The van der Waals surface area contributed by atoms with E-state index in [9.17, 15) is 4.79 Å². The van der Waals surface area contributed by atoms with E-state index >= 15 is 0 Å². The molecule has 4 fully saturated rings. The van der Waals surface area contributed by atoms with Gasteiger partial charge in [-0.25, -0.2) is 0 Å². The molecule has 0 aromatic heterocycles. The fourth-order valence-electron chi connectivity index (χ4n) is 14.4. The van der Waals surface area contributed by atoms with Crippen LogP contribution in [0.1, 0.15) is 255 Å². The molecule has 2 heteroatoms. The van der Waals surface area contributed by atoms with Crippen LogP contribution in [0.4, 0.5) is 0 Å². The molecule has 5 rings (SSSR count). The number of fused-ring (bicyclic) bond motifs is 7. The van der Waals surface area contributed by atoms with Crippen molar-refractivity contribution in [2.45, 2.75) is 261 Å². The van der Waals surface area contributed by atoms with E-state index in [-0.39, 0.29) is 17.5 Å². The molecule has 0 radical (unpaired) electrons. The van der Waals surface area contributed by atoms with Crippen LogP contribution in [0.2, 0.25) is 0 Å². The molecule has 5 aliphatic carbocycles. The van der Waals surface area contributed by atoms with Gasteiger partial charge in [0.25, 0.3) is 0 Å². The molecule has 0 unspecified atom stereocenters. The number of rotatable bonds is 21. The highest BCUT2D eigenvalue weighted by Crippen LogP contribution is 2.76. The molecule has 0 aromatic rings. The lowest BCUT2D eigenvalue weighted by Crippen LogP contribution is -2.66. The number of hydrogen-bond donors (Lipinski definition) is 0. The van der Waals surface area contributed by atoms with Crippen molar-refractivity contribution >= 4 is 5.97 Å². The Morgan fingerprint density at radius 3 is 1.63 bits per heavy atom. The highest BCUT2D eigenvalue weighted by atomic mass is 16.5. The summed E-state index contributed by atoms with van der Waals surface area (Å²) in [6.45, 7) is 23.0. The quantitative estimate of drug-likeness (QED) is 0.0664. The molecule has 5 aliphatic rings. The SMILES string of the molecule is CCCCCCCCCCCCCCCCCCCCCC(=O)O[C@H]1CC[C@]2(C)[C@H]3CC[C@@H]4C5=CC(C)(C)CC[C@]5(C)CC[C@@]4(C)[C@]3(C)CC[C@H]2C1(C)C. The Morgan fingerprint density at radius 2 is 1.07 bits per heavy atom. The topological polar surface area (TPSA) is 26.3 Å². The molecule has 0 heterocycles. The van der Waals surface area contributed by atoms with Crippen LogP contribution in [-0.2, 0) is 9.53 Å². The smallest absolute Gasteiger partial charge is 0.306 e. The van der Waals surface area contributed by atoms with Crippen molar-refractivity contribution in [3.63, 3.8) is 0 Å². The highest BCUT2D eigenvalue weighted by Gasteiger charge is 2.69. The lowest BCUT2D eigenvalue weighted by molar-refractivity contribution is -0.233. The first-order valence-electron chi connectivity index (χ1n) is 24.6. The lowest BCUT2D eigenvalue weighted by Gasteiger charge is -2.72. The van der Waals surface area contributed by atoms with Gasteiger partial charge in [0.05, 0.1) is 0 Å². The van der Waals surface area contributed by atoms with E-state index < -0.39 is 0 Å². The summed E-state index contributed by atoms with van der Waals surface area (Å²) in [6, 6.07) is 0. The third kappa shape index (κ3) is 9.73. The van der Waals surface area contributed by atoms with E-state index in [0.29, 0.717) is 39.4 Å². The van der Waals surface area contributed by atoms with Gasteiger partial charge in [-0.05, 0) is 115 Å². The fraction of sp³-hybridized carbons (Fsp3) is 0.942. The van der Waals surface area contributed by atoms with Gasteiger partial charge >= 0.3 is 5.97 Å². The second-order valence-corrected chi connectivity index (χ2v) is 22.7. The average Bonchev–Trinajstić information content (AvgIpc) is 3.11. The lowest BCUT2D eigenvalue weighted by atomic mass is 9.32. The predicted octanol–water partition coefficient (Wildman–Crippen LogP) is 16.5. The van der Waals surface area contributed by atoms with Crippen LogP contribution in [0.25, 0.3) is 0 Å². The molecule has 0 spiro atoms. The van der Waals surface area contributed by atoms with Crippen LogP contribution in [0.5, 0.6) is 0 Å². The summed E-state index contributed by atoms with van der Waals surface area (Å²) in [5.74, 6) is 2.23. The second kappa shape index (κ2) is 18.9. The van der Waals surface area contributed by atoms with Gasteiger partial charge in [-0.2, -0.15) is 0 Å². The Balaban J connectivity index is 0.984. The molecule has 312 valence electrons. The zero-order valence-corrected chi connectivity index (χ0v) is 37.9. The number of hydrogen-bond acceptors (Lipinski definition) is 2. The summed E-state index contributed by atoms with van der Waals surface area (Å²) in [4.78, 5) is 13.3. The van der Waals surface area contributed by atoms with Crippen molar-refractivity contribution in [2.75, 3.05) is 0 Å². The molecule has 8 atom stereocenters. The van der Waals surface area contributed by atoms with Crippen LogP contribution < -0.4 is 0 Å². The Kier molecular flexibility index (Phi) is 15.5. The number of carbonyl (C=O) groups excluding carboxylic acids is 1. The van der Waals surface area contributed by atoms with Gasteiger partial charge in [0.2, 0.25) is 0 Å². The molecule has 0 aliphatic heterocycles. The maximum absolute atomic E-state index is 13.3. The molecular formula is C52H92O2. The maximum Gasteiger partial charge on any atom is 0.306 e. The van der Waals surface area contributed by atoms with Crippen molar-refractivity contribution in [1.82, 2.24) is 0 Å². The number of esters is 1. The van der Waals surface area contributed by atoms with E-state index in [4.69, 9.17) is 4.74 Å². The van der Waals surface area contributed by atoms with Crippen LogP contribution in [0.15, 0.2) is 11.6 Å². The first-order chi connectivity index (χ1) is 25.6. The van der Waals surface area contributed by atoms with Gasteiger partial charge in [-0.1, -0.05) is 190 Å². The van der Waals surface area contributed by atoms with Gasteiger partial charge in [0.1, 0.15) is 6.10 Å². The van der Waals surface area contributed by atoms with Gasteiger partial charge in [-0.3, -0.25) is 4.79 Å². The fourth-order valence-corrected chi connectivity index (χ4v) is 14.4. The Bertz CT molecular complexity index is 1210. The van der Waals surface area contributed by atoms with Gasteiger partial charge in [-0.15, -0.1) is 0 Å². The predicted molar refractivity (Wildman–Crippen MR) is 233 cm³/mol. The summed E-state index contributed by atoms with van der Waals surface area (Å²) >= 11 is 0. The number of carbonyl (C=O) groups is 1. The molecule has 0 bridgehead atoms. The van der Waals surface area contributed by atoms with Crippen molar-refractivity contribution in [3.8, 4) is 0 Å². The summed E-state index contributed by atoms with van der Waals surface area (Å²) < 4.78 is 6.45. The van der Waals surface area contributed by atoms with Crippen molar-refractivity contribution in [3.05, 3.63) is 11.6 Å². The van der Waals surface area contributed by atoms with Gasteiger partial charge < -0.3 is 4.74 Å². The van der Waals surface area contributed by atoms with E-state index in [1.54, 1.807) is 0 Å². The highest BCUT2D eigenvalue weighted by molar-refractivity contribution is 5.69. The molecule has 54 heavy (non-hydrogen) atoms. The molecular weight excluding hydrogens is 657 g/mol. The van der Waals surface area contributed by atoms with Gasteiger partial charge in [0, 0.05) is 11.8 Å². The van der Waals surface area contributed by atoms with E-state index in [1.807, 2.05) is 5.57 Å². The Morgan fingerprint density at radius 1 is 0.556 bits per heavy atom. The monoisotopic (exact) mass is 749 g/mol. The van der Waals surface area contributed by atoms with E-state index in [0.717, 1.165) is 24.7 Å². The van der Waals surface area contributed by atoms with Crippen molar-refractivity contribution in [2.24, 2.45) is 50.2 Å².